The molecule has 0 heterocycles. The van der Waals surface area contributed by atoms with E-state index in [1.165, 1.54) is 102 Å². The normalized spacial score (nSPS) is 12.1. The predicted molar refractivity (Wildman–Crippen MR) is 131 cm³/mol. The number of benzene rings is 1. The number of nitriles is 1. The Balaban J connectivity index is 1.93. The van der Waals surface area contributed by atoms with Crippen LogP contribution in [-0.2, 0) is 11.3 Å². The van der Waals surface area contributed by atoms with Crippen molar-refractivity contribution in [2.24, 2.45) is 0 Å². The lowest BCUT2D eigenvalue weighted by atomic mass is 10.0. The van der Waals surface area contributed by atoms with Crippen molar-refractivity contribution < 1.29 is 14.2 Å². The zero-order chi connectivity index (χ0) is 23.3. The summed E-state index contributed by atoms with van der Waals surface area (Å²) in [6, 6.07) is 6.17. The van der Waals surface area contributed by atoms with Crippen LogP contribution in [0.25, 0.3) is 0 Å². The highest BCUT2D eigenvalue weighted by molar-refractivity contribution is 5.33. The number of aliphatic hydroxyl groups is 1. The largest absolute Gasteiger partial charge is 0.394 e. The summed E-state index contributed by atoms with van der Waals surface area (Å²) in [5, 5.41) is 18.5. The van der Waals surface area contributed by atoms with Crippen LogP contribution in [0.2, 0.25) is 0 Å². The summed E-state index contributed by atoms with van der Waals surface area (Å²) in [6.07, 6.45) is 22.0. The molecule has 182 valence electrons. The molecule has 1 rings (SSSR count). The summed E-state index contributed by atoms with van der Waals surface area (Å²) in [4.78, 5) is 0. The van der Waals surface area contributed by atoms with Gasteiger partial charge in [-0.15, -0.1) is 0 Å². The Hall–Kier alpha value is -1.44. The molecule has 0 saturated heterocycles. The predicted octanol–water partition coefficient (Wildman–Crippen LogP) is 8.23. The van der Waals surface area contributed by atoms with E-state index in [0.29, 0.717) is 11.1 Å². The molecule has 0 aromatic heterocycles. The van der Waals surface area contributed by atoms with Gasteiger partial charge in [-0.05, 0) is 30.2 Å². The fraction of sp³-hybridized carbons (Fsp3) is 0.750. The SMILES string of the molecule is CCCCCCCCCCCCCCCCCC[C@@H](CO)OCc1cc(F)cc(C#N)c1. The van der Waals surface area contributed by atoms with Gasteiger partial charge in [0.05, 0.1) is 31.0 Å². The van der Waals surface area contributed by atoms with E-state index >= 15 is 0 Å². The summed E-state index contributed by atoms with van der Waals surface area (Å²) in [6.45, 7) is 2.46. The van der Waals surface area contributed by atoms with E-state index in [9.17, 15) is 9.50 Å². The van der Waals surface area contributed by atoms with E-state index in [-0.39, 0.29) is 19.3 Å². The van der Waals surface area contributed by atoms with Gasteiger partial charge < -0.3 is 9.84 Å². The molecule has 0 aliphatic rings. The second-order valence-corrected chi connectivity index (χ2v) is 9.17. The van der Waals surface area contributed by atoms with Crippen LogP contribution in [0.4, 0.5) is 4.39 Å². The van der Waals surface area contributed by atoms with Gasteiger partial charge in [0.25, 0.3) is 0 Å². The molecule has 0 aliphatic heterocycles. The molecule has 0 saturated carbocycles. The van der Waals surface area contributed by atoms with Gasteiger partial charge in [-0.3, -0.25) is 0 Å². The van der Waals surface area contributed by atoms with Crippen LogP contribution < -0.4 is 0 Å². The molecule has 0 aliphatic carbocycles. The first kappa shape index (κ1) is 28.6. The maximum Gasteiger partial charge on any atom is 0.124 e. The maximum atomic E-state index is 13.5. The molecule has 0 bridgehead atoms. The Morgan fingerprint density at radius 2 is 1.31 bits per heavy atom. The molecule has 32 heavy (non-hydrogen) atoms. The number of rotatable bonds is 21. The van der Waals surface area contributed by atoms with E-state index in [0.717, 1.165) is 19.3 Å². The molecule has 0 spiro atoms. The Labute approximate surface area is 196 Å². The zero-order valence-corrected chi connectivity index (χ0v) is 20.4. The lowest BCUT2D eigenvalue weighted by Crippen LogP contribution is -2.17. The second-order valence-electron chi connectivity index (χ2n) is 9.17. The summed E-state index contributed by atoms with van der Waals surface area (Å²) in [5.74, 6) is -0.430. The number of unbranched alkanes of at least 4 members (excludes halogenated alkanes) is 15. The molecule has 1 atom stereocenters. The zero-order valence-electron chi connectivity index (χ0n) is 20.4. The first-order valence-electron chi connectivity index (χ1n) is 13.1. The van der Waals surface area contributed by atoms with E-state index in [1.54, 1.807) is 6.07 Å². The van der Waals surface area contributed by atoms with Gasteiger partial charge in [0.2, 0.25) is 0 Å². The van der Waals surface area contributed by atoms with Crippen LogP contribution in [0.15, 0.2) is 18.2 Å². The summed E-state index contributed by atoms with van der Waals surface area (Å²) in [5.41, 5.74) is 0.925. The third kappa shape index (κ3) is 15.4. The van der Waals surface area contributed by atoms with Crippen molar-refractivity contribution >= 4 is 0 Å². The number of aliphatic hydroxyl groups excluding tert-OH is 1. The van der Waals surface area contributed by atoms with Crippen LogP contribution in [0.3, 0.4) is 0 Å². The topological polar surface area (TPSA) is 53.2 Å². The molecule has 3 nitrogen and oxygen atoms in total. The van der Waals surface area contributed by atoms with Gasteiger partial charge >= 0.3 is 0 Å². The Morgan fingerprint density at radius 1 is 0.812 bits per heavy atom. The summed E-state index contributed by atoms with van der Waals surface area (Å²) >= 11 is 0. The minimum absolute atomic E-state index is 0.0286. The molecule has 1 N–H and O–H groups in total. The minimum atomic E-state index is -0.430. The van der Waals surface area contributed by atoms with E-state index < -0.39 is 5.82 Å². The second kappa shape index (κ2) is 20.2. The molecule has 0 fully saturated rings. The smallest absolute Gasteiger partial charge is 0.124 e. The number of nitrogens with zero attached hydrogens (tertiary/aromatic N) is 1. The third-order valence-corrected chi connectivity index (χ3v) is 6.16. The first-order chi connectivity index (χ1) is 15.7. The van der Waals surface area contributed by atoms with E-state index in [1.807, 2.05) is 6.07 Å². The van der Waals surface area contributed by atoms with Crippen LogP contribution in [-0.4, -0.2) is 17.8 Å². The van der Waals surface area contributed by atoms with Gasteiger partial charge in [0, 0.05) is 0 Å². The van der Waals surface area contributed by atoms with Gasteiger partial charge in [-0.2, -0.15) is 5.26 Å². The molecular weight excluding hydrogens is 401 g/mol. The van der Waals surface area contributed by atoms with Crippen LogP contribution in [0, 0.1) is 17.1 Å². The van der Waals surface area contributed by atoms with Crippen LogP contribution in [0.1, 0.15) is 127 Å². The highest BCUT2D eigenvalue weighted by atomic mass is 19.1. The molecular formula is C28H46FNO2. The quantitative estimate of drug-likeness (QED) is 0.193. The molecule has 0 amide bonds. The highest BCUT2D eigenvalue weighted by Gasteiger charge is 2.09. The monoisotopic (exact) mass is 447 g/mol. The molecule has 4 heteroatoms. The van der Waals surface area contributed by atoms with Crippen molar-refractivity contribution in [2.75, 3.05) is 6.61 Å². The average Bonchev–Trinajstić information content (AvgIpc) is 2.80. The number of hydrogen-bond acceptors (Lipinski definition) is 3. The summed E-state index contributed by atoms with van der Waals surface area (Å²) in [7, 11) is 0. The first-order valence-corrected chi connectivity index (χ1v) is 13.1. The van der Waals surface area contributed by atoms with Crippen molar-refractivity contribution in [1.82, 2.24) is 0 Å². The molecule has 1 aromatic carbocycles. The Morgan fingerprint density at radius 3 is 1.78 bits per heavy atom. The van der Waals surface area contributed by atoms with Crippen molar-refractivity contribution in [1.29, 1.82) is 5.26 Å². The molecule has 0 unspecified atom stereocenters. The van der Waals surface area contributed by atoms with Gasteiger partial charge in [-0.1, -0.05) is 110 Å². The molecule has 0 radical (unpaired) electrons. The number of halogens is 1. The Kier molecular flexibility index (Phi) is 18.0. The highest BCUT2D eigenvalue weighted by Crippen LogP contribution is 2.16. The standard InChI is InChI=1S/C28H46FNO2/c1-2-3-4-5-6-7-8-9-10-11-12-13-14-15-16-17-18-28(23-31)32-24-26-19-25(22-30)20-27(29)21-26/h19-21,28,31H,2-18,23-24H2,1H3/t28-/m0/s1. The summed E-state index contributed by atoms with van der Waals surface area (Å²) < 4.78 is 19.2. The lowest BCUT2D eigenvalue weighted by Gasteiger charge is -2.15. The molecule has 1 aromatic rings. The van der Waals surface area contributed by atoms with E-state index in [4.69, 9.17) is 10.00 Å². The van der Waals surface area contributed by atoms with Gasteiger partial charge in [-0.25, -0.2) is 4.39 Å². The van der Waals surface area contributed by atoms with Gasteiger partial charge in [0.15, 0.2) is 0 Å². The van der Waals surface area contributed by atoms with Crippen molar-refractivity contribution in [2.45, 2.75) is 129 Å². The van der Waals surface area contributed by atoms with Crippen molar-refractivity contribution in [3.05, 3.63) is 35.1 Å². The van der Waals surface area contributed by atoms with Crippen molar-refractivity contribution in [3.63, 3.8) is 0 Å². The Bertz CT molecular complexity index is 614. The van der Waals surface area contributed by atoms with Crippen LogP contribution >= 0.6 is 0 Å². The average molecular weight is 448 g/mol. The minimum Gasteiger partial charge on any atom is -0.394 e. The fourth-order valence-electron chi connectivity index (χ4n) is 4.16. The number of hydrogen-bond donors (Lipinski definition) is 1. The fourth-order valence-corrected chi connectivity index (χ4v) is 4.16. The van der Waals surface area contributed by atoms with Crippen molar-refractivity contribution in [3.8, 4) is 6.07 Å². The lowest BCUT2D eigenvalue weighted by molar-refractivity contribution is -0.00357. The maximum absolute atomic E-state index is 13.5. The van der Waals surface area contributed by atoms with E-state index in [2.05, 4.69) is 6.92 Å². The van der Waals surface area contributed by atoms with Crippen LogP contribution in [0.5, 0.6) is 0 Å². The number of ether oxygens (including phenoxy) is 1. The third-order valence-electron chi connectivity index (χ3n) is 6.16. The van der Waals surface area contributed by atoms with Gasteiger partial charge in [0.1, 0.15) is 5.82 Å².